The number of anilines is 1. The van der Waals surface area contributed by atoms with E-state index in [1.807, 2.05) is 18.2 Å². The number of guanidine groups is 1. The van der Waals surface area contributed by atoms with Gasteiger partial charge >= 0.3 is 0 Å². The summed E-state index contributed by atoms with van der Waals surface area (Å²) in [5, 5.41) is 8.22. The second-order valence-corrected chi connectivity index (χ2v) is 6.70. The second kappa shape index (κ2) is 8.33. The van der Waals surface area contributed by atoms with Crippen LogP contribution in [0.25, 0.3) is 0 Å². The molecule has 0 radical (unpaired) electrons. The normalized spacial score (nSPS) is 15.1. The third-order valence-electron chi connectivity index (χ3n) is 4.78. The third kappa shape index (κ3) is 4.44. The van der Waals surface area contributed by atoms with Crippen LogP contribution in [0.1, 0.15) is 18.4 Å². The van der Waals surface area contributed by atoms with Crippen molar-refractivity contribution in [3.63, 3.8) is 0 Å². The zero-order valence-corrected chi connectivity index (χ0v) is 15.4. The molecule has 0 aromatic heterocycles. The van der Waals surface area contributed by atoms with E-state index in [9.17, 15) is 18.0 Å². The van der Waals surface area contributed by atoms with Crippen molar-refractivity contribution in [2.45, 2.75) is 18.3 Å². The average molecular weight is 390 g/mol. The first-order chi connectivity index (χ1) is 13.4. The third-order valence-corrected chi connectivity index (χ3v) is 4.78. The van der Waals surface area contributed by atoms with Gasteiger partial charge in [-0.2, -0.15) is 0 Å². The molecule has 0 aliphatic heterocycles. The Bertz CT molecular complexity index is 883. The monoisotopic (exact) mass is 390 g/mol. The van der Waals surface area contributed by atoms with Crippen LogP contribution in [0, 0.1) is 17.5 Å². The molecule has 2 aromatic carbocycles. The van der Waals surface area contributed by atoms with Crippen LogP contribution in [0.15, 0.2) is 47.5 Å². The van der Waals surface area contributed by atoms with Crippen LogP contribution in [0.5, 0.6) is 0 Å². The smallest absolute Gasteiger partial charge is 0.243 e. The van der Waals surface area contributed by atoms with E-state index in [4.69, 9.17) is 0 Å². The molecule has 0 unspecified atom stereocenters. The molecule has 3 rings (SSSR count). The van der Waals surface area contributed by atoms with E-state index < -0.39 is 29.0 Å². The Labute approximate surface area is 161 Å². The van der Waals surface area contributed by atoms with Gasteiger partial charge in [0.2, 0.25) is 5.91 Å². The highest BCUT2D eigenvalue weighted by molar-refractivity contribution is 5.95. The number of rotatable bonds is 6. The largest absolute Gasteiger partial charge is 0.356 e. The van der Waals surface area contributed by atoms with E-state index in [0.29, 0.717) is 12.5 Å². The summed E-state index contributed by atoms with van der Waals surface area (Å²) in [6.07, 6.45) is 2.13. The van der Waals surface area contributed by atoms with Gasteiger partial charge < -0.3 is 16.0 Å². The quantitative estimate of drug-likeness (QED) is 0.404. The molecule has 1 fully saturated rings. The Balaban J connectivity index is 1.51. The Morgan fingerprint density at radius 3 is 2.39 bits per heavy atom. The van der Waals surface area contributed by atoms with Crippen molar-refractivity contribution in [3.05, 3.63) is 65.5 Å². The molecule has 3 N–H and O–H groups in total. The molecule has 2 aromatic rings. The van der Waals surface area contributed by atoms with Crippen LogP contribution in [0.3, 0.4) is 0 Å². The number of amides is 1. The average Bonchev–Trinajstić information content (AvgIpc) is 3.50. The van der Waals surface area contributed by atoms with Gasteiger partial charge in [0.15, 0.2) is 23.4 Å². The van der Waals surface area contributed by atoms with Crippen molar-refractivity contribution >= 4 is 17.6 Å². The van der Waals surface area contributed by atoms with Crippen molar-refractivity contribution < 1.29 is 18.0 Å². The van der Waals surface area contributed by atoms with E-state index in [2.05, 4.69) is 33.1 Å². The summed E-state index contributed by atoms with van der Waals surface area (Å²) < 4.78 is 39.8. The molecule has 8 heteroatoms. The van der Waals surface area contributed by atoms with Crippen LogP contribution >= 0.6 is 0 Å². The zero-order chi connectivity index (χ0) is 20.1. The summed E-state index contributed by atoms with van der Waals surface area (Å²) in [4.78, 5) is 16.0. The van der Waals surface area contributed by atoms with Crippen LogP contribution in [-0.4, -0.2) is 32.0 Å². The molecule has 1 amide bonds. The Hall–Kier alpha value is -3.03. The SMILES string of the molecule is CN=C(NCC(=O)Nc1ccc(F)c(F)c1F)NCC1(c2ccccc2)CC1. The molecule has 0 spiro atoms. The minimum atomic E-state index is -1.63. The van der Waals surface area contributed by atoms with Crippen molar-refractivity contribution in [2.75, 3.05) is 25.5 Å². The first-order valence-electron chi connectivity index (χ1n) is 8.88. The number of nitrogens with one attached hydrogen (secondary N) is 3. The van der Waals surface area contributed by atoms with Crippen LogP contribution in [0.4, 0.5) is 18.9 Å². The van der Waals surface area contributed by atoms with Crippen molar-refractivity contribution in [1.29, 1.82) is 0 Å². The summed E-state index contributed by atoms with van der Waals surface area (Å²) in [6, 6.07) is 11.9. The number of carbonyl (C=O) groups excluding carboxylic acids is 1. The highest BCUT2D eigenvalue weighted by Crippen LogP contribution is 2.47. The maximum Gasteiger partial charge on any atom is 0.243 e. The summed E-state index contributed by atoms with van der Waals surface area (Å²) in [5.41, 5.74) is 0.898. The topological polar surface area (TPSA) is 65.5 Å². The molecule has 1 aliphatic rings. The number of carbonyl (C=O) groups is 1. The number of nitrogens with zero attached hydrogens (tertiary/aromatic N) is 1. The number of hydrogen-bond donors (Lipinski definition) is 3. The molecule has 0 atom stereocenters. The Kier molecular flexibility index (Phi) is 5.87. The highest BCUT2D eigenvalue weighted by Gasteiger charge is 2.44. The molecule has 1 aliphatic carbocycles. The zero-order valence-electron chi connectivity index (χ0n) is 15.4. The Morgan fingerprint density at radius 1 is 1.04 bits per heavy atom. The summed E-state index contributed by atoms with van der Waals surface area (Å²) in [6.45, 7) is 0.451. The van der Waals surface area contributed by atoms with Gasteiger partial charge in [-0.3, -0.25) is 9.79 Å². The molecule has 0 heterocycles. The summed E-state index contributed by atoms with van der Waals surface area (Å²) in [7, 11) is 1.57. The van der Waals surface area contributed by atoms with Crippen molar-refractivity contribution in [3.8, 4) is 0 Å². The first kappa shape index (κ1) is 19.7. The molecule has 0 saturated heterocycles. The van der Waals surface area contributed by atoms with Crippen LogP contribution in [-0.2, 0) is 10.2 Å². The van der Waals surface area contributed by atoms with Gasteiger partial charge in [-0.15, -0.1) is 0 Å². The predicted octanol–water partition coefficient (Wildman–Crippen LogP) is 2.94. The maximum absolute atomic E-state index is 13.6. The van der Waals surface area contributed by atoms with Crippen molar-refractivity contribution in [2.24, 2.45) is 4.99 Å². The lowest BCUT2D eigenvalue weighted by Crippen LogP contribution is -2.44. The predicted molar refractivity (Wildman–Crippen MR) is 102 cm³/mol. The fourth-order valence-corrected chi connectivity index (χ4v) is 2.96. The molecule has 0 bridgehead atoms. The van der Waals surface area contributed by atoms with E-state index in [-0.39, 0.29) is 12.0 Å². The minimum Gasteiger partial charge on any atom is -0.356 e. The summed E-state index contributed by atoms with van der Waals surface area (Å²) in [5.74, 6) is -4.57. The standard InChI is InChI=1S/C20H21F3N4O/c1-24-19(26-12-20(9-10-20)13-5-3-2-4-6-13)25-11-16(28)27-15-8-7-14(21)17(22)18(15)23/h2-8H,9-12H2,1H3,(H,27,28)(H2,24,25,26). The van der Waals surface area contributed by atoms with E-state index >= 15 is 0 Å². The minimum absolute atomic E-state index is 0.0654. The van der Waals surface area contributed by atoms with Crippen LogP contribution in [0.2, 0.25) is 0 Å². The number of benzene rings is 2. The molecular formula is C20H21F3N4O. The molecule has 28 heavy (non-hydrogen) atoms. The maximum atomic E-state index is 13.6. The lowest BCUT2D eigenvalue weighted by molar-refractivity contribution is -0.115. The first-order valence-corrected chi connectivity index (χ1v) is 8.88. The lowest BCUT2D eigenvalue weighted by Gasteiger charge is -2.19. The van der Waals surface area contributed by atoms with Gasteiger partial charge in [0.1, 0.15) is 0 Å². The lowest BCUT2D eigenvalue weighted by atomic mass is 9.96. The number of aliphatic imine (C=N–C) groups is 1. The number of halogens is 3. The number of hydrogen-bond acceptors (Lipinski definition) is 2. The second-order valence-electron chi connectivity index (χ2n) is 6.70. The molecular weight excluding hydrogens is 369 g/mol. The van der Waals surface area contributed by atoms with Gasteiger partial charge in [-0.25, -0.2) is 13.2 Å². The van der Waals surface area contributed by atoms with Gasteiger partial charge in [0.25, 0.3) is 0 Å². The Morgan fingerprint density at radius 2 is 1.75 bits per heavy atom. The van der Waals surface area contributed by atoms with Gasteiger partial charge in [0, 0.05) is 19.0 Å². The summed E-state index contributed by atoms with van der Waals surface area (Å²) >= 11 is 0. The molecule has 5 nitrogen and oxygen atoms in total. The van der Waals surface area contributed by atoms with E-state index in [1.54, 1.807) is 7.05 Å². The molecule has 1 saturated carbocycles. The van der Waals surface area contributed by atoms with Gasteiger partial charge in [0.05, 0.1) is 12.2 Å². The van der Waals surface area contributed by atoms with Crippen LogP contribution < -0.4 is 16.0 Å². The van der Waals surface area contributed by atoms with Crippen molar-refractivity contribution in [1.82, 2.24) is 10.6 Å². The van der Waals surface area contributed by atoms with Gasteiger partial charge in [-0.1, -0.05) is 30.3 Å². The van der Waals surface area contributed by atoms with E-state index in [0.717, 1.165) is 25.0 Å². The van der Waals surface area contributed by atoms with Gasteiger partial charge in [-0.05, 0) is 30.5 Å². The molecule has 148 valence electrons. The van der Waals surface area contributed by atoms with E-state index in [1.165, 1.54) is 5.56 Å². The fraction of sp³-hybridized carbons (Fsp3) is 0.300. The fourth-order valence-electron chi connectivity index (χ4n) is 2.96. The highest BCUT2D eigenvalue weighted by atomic mass is 19.2.